The van der Waals surface area contributed by atoms with Crippen molar-refractivity contribution in [2.75, 3.05) is 6.54 Å². The van der Waals surface area contributed by atoms with Gasteiger partial charge in [0.15, 0.2) is 0 Å². The zero-order valence-electron chi connectivity index (χ0n) is 20.5. The molecule has 8 nitrogen and oxygen atoms in total. The molecule has 8 heteroatoms. The maximum atomic E-state index is 11.5. The topological polar surface area (TPSA) is 133 Å². The number of rotatable bonds is 14. The van der Waals surface area contributed by atoms with E-state index < -0.39 is 18.0 Å². The van der Waals surface area contributed by atoms with Crippen molar-refractivity contribution in [1.82, 2.24) is 10.6 Å². The largest absolute Gasteiger partial charge is 0.481 e. The number of unbranched alkanes of at least 4 members (excludes halogenated alkanes) is 5. The number of aliphatic carboxylic acids is 2. The van der Waals surface area contributed by atoms with Crippen LogP contribution in [0, 0.1) is 5.92 Å². The summed E-state index contributed by atoms with van der Waals surface area (Å²) in [6.45, 7) is 12.2. The van der Waals surface area contributed by atoms with Crippen LogP contribution >= 0.6 is 0 Å². The Kier molecular flexibility index (Phi) is 26.1. The number of amides is 2. The fourth-order valence-corrected chi connectivity index (χ4v) is 2.13. The molecule has 0 rings (SSSR count). The minimum Gasteiger partial charge on any atom is -0.481 e. The van der Waals surface area contributed by atoms with Crippen LogP contribution < -0.4 is 10.6 Å². The zero-order valence-corrected chi connectivity index (χ0v) is 20.5. The van der Waals surface area contributed by atoms with Crippen LogP contribution in [-0.4, -0.2) is 46.6 Å². The second-order valence-corrected chi connectivity index (χ2v) is 7.43. The molecule has 4 N–H and O–H groups in total. The molecule has 2 atom stereocenters. The van der Waals surface area contributed by atoms with Gasteiger partial charge in [0.1, 0.15) is 6.04 Å². The number of hydrogen-bond donors (Lipinski definition) is 4. The van der Waals surface area contributed by atoms with E-state index in [1.807, 2.05) is 13.8 Å². The third kappa shape index (κ3) is 25.8. The van der Waals surface area contributed by atoms with E-state index in [-0.39, 0.29) is 24.2 Å². The standard InChI is InChI=1S/C12H22N2O4.C6H14.C5H10O2/c1-3-5-6-7-10(15)14-9(12(17)18)8-11(16)13-4-2;1-3-5-6-4-2;1-3-4(2)5(6)7/h9H,3-8H2,1-2H3,(H,13,16)(H,14,15)(H,17,18);3-6H2,1-2H3;4H,3H2,1-2H3,(H,6,7). The molecule has 2 unspecified atom stereocenters. The summed E-state index contributed by atoms with van der Waals surface area (Å²) in [6.07, 6.45) is 8.98. The van der Waals surface area contributed by atoms with Gasteiger partial charge >= 0.3 is 11.9 Å². The van der Waals surface area contributed by atoms with Crippen molar-refractivity contribution >= 4 is 23.8 Å². The predicted octanol–water partition coefficient (Wildman–Crippen LogP) is 4.37. The van der Waals surface area contributed by atoms with Gasteiger partial charge in [-0.2, -0.15) is 0 Å². The summed E-state index contributed by atoms with van der Waals surface area (Å²) < 4.78 is 0. The summed E-state index contributed by atoms with van der Waals surface area (Å²) in [5.41, 5.74) is 0. The molecule has 2 amide bonds. The first-order valence-electron chi connectivity index (χ1n) is 11.6. The Morgan fingerprint density at radius 2 is 1.23 bits per heavy atom. The molecule has 0 aliphatic rings. The lowest BCUT2D eigenvalue weighted by Crippen LogP contribution is -2.44. The molecule has 0 aromatic rings. The Morgan fingerprint density at radius 1 is 0.742 bits per heavy atom. The lowest BCUT2D eigenvalue weighted by molar-refractivity contribution is -0.143. The van der Waals surface area contributed by atoms with Gasteiger partial charge in [-0.25, -0.2) is 4.79 Å². The molecule has 0 radical (unpaired) electrons. The van der Waals surface area contributed by atoms with E-state index in [9.17, 15) is 19.2 Å². The first-order valence-corrected chi connectivity index (χ1v) is 11.6. The predicted molar refractivity (Wildman–Crippen MR) is 124 cm³/mol. The van der Waals surface area contributed by atoms with Gasteiger partial charge in [-0.3, -0.25) is 14.4 Å². The van der Waals surface area contributed by atoms with Crippen LogP contribution in [0.1, 0.15) is 106 Å². The van der Waals surface area contributed by atoms with Gasteiger partial charge in [-0.1, -0.05) is 73.1 Å². The molecule has 0 heterocycles. The van der Waals surface area contributed by atoms with E-state index in [0.29, 0.717) is 13.0 Å². The maximum absolute atomic E-state index is 11.5. The summed E-state index contributed by atoms with van der Waals surface area (Å²) in [7, 11) is 0. The van der Waals surface area contributed by atoms with Crippen LogP contribution in [0.3, 0.4) is 0 Å². The molecule has 0 saturated heterocycles. The highest BCUT2D eigenvalue weighted by atomic mass is 16.4. The highest BCUT2D eigenvalue weighted by Crippen LogP contribution is 2.01. The highest BCUT2D eigenvalue weighted by Gasteiger charge is 2.22. The molecule has 0 aliphatic heterocycles. The average Bonchev–Trinajstić information content (AvgIpc) is 2.72. The summed E-state index contributed by atoms with van der Waals surface area (Å²) in [5.74, 6) is -2.77. The Bertz CT molecular complexity index is 479. The van der Waals surface area contributed by atoms with Crippen molar-refractivity contribution in [2.45, 2.75) is 112 Å². The van der Waals surface area contributed by atoms with Crippen LogP contribution in [0.2, 0.25) is 0 Å². The van der Waals surface area contributed by atoms with Crippen LogP contribution in [0.5, 0.6) is 0 Å². The molecule has 31 heavy (non-hydrogen) atoms. The highest BCUT2D eigenvalue weighted by molar-refractivity contribution is 5.88. The quantitative estimate of drug-likeness (QED) is 0.293. The summed E-state index contributed by atoms with van der Waals surface area (Å²) in [6, 6.07) is -1.15. The first kappa shape index (κ1) is 33.5. The lowest BCUT2D eigenvalue weighted by Gasteiger charge is -2.14. The van der Waals surface area contributed by atoms with E-state index in [1.54, 1.807) is 13.8 Å². The molecule has 0 aromatic carbocycles. The number of nitrogens with one attached hydrogen (secondary N) is 2. The zero-order chi connectivity index (χ0) is 24.7. The van der Waals surface area contributed by atoms with Crippen molar-refractivity contribution in [2.24, 2.45) is 5.92 Å². The normalized spacial score (nSPS) is 11.5. The average molecular weight is 447 g/mol. The van der Waals surface area contributed by atoms with Crippen LogP contribution in [-0.2, 0) is 19.2 Å². The second kappa shape index (κ2) is 24.2. The SMILES string of the molecule is CCC(C)C(=O)O.CCCCCC.CCCCCC(=O)NC(CC(=O)NCC)C(=O)O. The van der Waals surface area contributed by atoms with E-state index in [4.69, 9.17) is 10.2 Å². The van der Waals surface area contributed by atoms with Crippen molar-refractivity contribution in [3.63, 3.8) is 0 Å². The lowest BCUT2D eigenvalue weighted by atomic mass is 10.1. The Morgan fingerprint density at radius 3 is 1.55 bits per heavy atom. The minimum absolute atomic E-state index is 0.181. The molecular formula is C23H46N2O6. The molecule has 0 bridgehead atoms. The van der Waals surface area contributed by atoms with Gasteiger partial charge in [0.2, 0.25) is 11.8 Å². The van der Waals surface area contributed by atoms with Crippen LogP contribution in [0.4, 0.5) is 0 Å². The maximum Gasteiger partial charge on any atom is 0.326 e. The number of hydrogen-bond acceptors (Lipinski definition) is 4. The van der Waals surface area contributed by atoms with E-state index in [2.05, 4.69) is 24.5 Å². The second-order valence-electron chi connectivity index (χ2n) is 7.43. The molecule has 0 aromatic heterocycles. The molecule has 0 spiro atoms. The monoisotopic (exact) mass is 446 g/mol. The van der Waals surface area contributed by atoms with Gasteiger partial charge in [0.25, 0.3) is 0 Å². The Balaban J connectivity index is -0.000000492. The van der Waals surface area contributed by atoms with E-state index in [1.165, 1.54) is 25.7 Å². The number of carbonyl (C=O) groups is 4. The third-order valence-electron chi connectivity index (χ3n) is 4.40. The Hall–Kier alpha value is -2.12. The van der Waals surface area contributed by atoms with Gasteiger partial charge in [0, 0.05) is 13.0 Å². The van der Waals surface area contributed by atoms with E-state index in [0.717, 1.165) is 25.7 Å². The van der Waals surface area contributed by atoms with Gasteiger partial charge < -0.3 is 20.8 Å². The summed E-state index contributed by atoms with van der Waals surface area (Å²) in [5, 5.41) is 22.0. The summed E-state index contributed by atoms with van der Waals surface area (Å²) >= 11 is 0. The number of carboxylic acids is 2. The molecular weight excluding hydrogens is 400 g/mol. The van der Waals surface area contributed by atoms with E-state index >= 15 is 0 Å². The van der Waals surface area contributed by atoms with Gasteiger partial charge in [-0.05, 0) is 19.8 Å². The molecule has 184 valence electrons. The van der Waals surface area contributed by atoms with Gasteiger partial charge in [-0.15, -0.1) is 0 Å². The fraction of sp³-hybridized carbons (Fsp3) is 0.826. The van der Waals surface area contributed by atoms with Crippen LogP contribution in [0.15, 0.2) is 0 Å². The van der Waals surface area contributed by atoms with Crippen molar-refractivity contribution < 1.29 is 29.4 Å². The van der Waals surface area contributed by atoms with Crippen molar-refractivity contribution in [3.05, 3.63) is 0 Å². The number of carboxylic acid groups (broad SMARTS) is 2. The molecule has 0 saturated carbocycles. The van der Waals surface area contributed by atoms with Gasteiger partial charge in [0.05, 0.1) is 12.3 Å². The smallest absolute Gasteiger partial charge is 0.326 e. The molecule has 0 aliphatic carbocycles. The minimum atomic E-state index is -1.19. The Labute approximate surface area is 188 Å². The first-order chi connectivity index (χ1) is 14.6. The third-order valence-corrected chi connectivity index (χ3v) is 4.40. The van der Waals surface area contributed by atoms with Crippen LogP contribution in [0.25, 0.3) is 0 Å². The summed E-state index contributed by atoms with van der Waals surface area (Å²) in [4.78, 5) is 43.6. The fourth-order valence-electron chi connectivity index (χ4n) is 2.13. The number of carbonyl (C=O) groups excluding carboxylic acids is 2. The van der Waals surface area contributed by atoms with Crippen molar-refractivity contribution in [3.8, 4) is 0 Å². The molecule has 0 fully saturated rings. The van der Waals surface area contributed by atoms with Crippen molar-refractivity contribution in [1.29, 1.82) is 0 Å².